The molecular weight excluding hydrogens is 346 g/mol. The summed E-state index contributed by atoms with van der Waals surface area (Å²) < 4.78 is 27.7. The molecule has 1 aromatic carbocycles. The van der Waals surface area contributed by atoms with Gasteiger partial charge in [-0.05, 0) is 24.6 Å². The minimum absolute atomic E-state index is 0.0700. The predicted molar refractivity (Wildman–Crippen MR) is 91.0 cm³/mol. The summed E-state index contributed by atoms with van der Waals surface area (Å²) in [7, 11) is -3.28. The molecule has 1 unspecified atom stereocenters. The zero-order valence-electron chi connectivity index (χ0n) is 13.9. The van der Waals surface area contributed by atoms with Crippen LogP contribution in [-0.2, 0) is 25.8 Å². The monoisotopic (exact) mass is 365 g/mol. The molecular formula is C17H19NO6S. The SMILES string of the molecule is CC(CNC(=O)c1ccc(CS(C)(=O)=O)o1)(C(=O)O)c1ccccc1. The first-order chi connectivity index (χ1) is 11.6. The Bertz CT molecular complexity index is 872. The lowest BCUT2D eigenvalue weighted by Gasteiger charge is -2.25. The van der Waals surface area contributed by atoms with Gasteiger partial charge in [-0.2, -0.15) is 0 Å². The minimum atomic E-state index is -3.28. The number of carbonyl (C=O) groups is 2. The van der Waals surface area contributed by atoms with Gasteiger partial charge < -0.3 is 14.8 Å². The molecule has 0 saturated heterocycles. The highest BCUT2D eigenvalue weighted by Gasteiger charge is 2.35. The van der Waals surface area contributed by atoms with Crippen molar-refractivity contribution in [2.24, 2.45) is 0 Å². The number of hydrogen-bond acceptors (Lipinski definition) is 5. The Kier molecular flexibility index (Phi) is 5.32. The molecule has 1 aromatic heterocycles. The number of rotatable bonds is 7. The van der Waals surface area contributed by atoms with Gasteiger partial charge in [-0.3, -0.25) is 9.59 Å². The summed E-state index contributed by atoms with van der Waals surface area (Å²) in [6, 6.07) is 11.3. The lowest BCUT2D eigenvalue weighted by molar-refractivity contribution is -0.142. The van der Waals surface area contributed by atoms with E-state index in [1.54, 1.807) is 30.3 Å². The number of nitrogens with one attached hydrogen (secondary N) is 1. The molecule has 1 atom stereocenters. The largest absolute Gasteiger partial charge is 0.481 e. The number of furan rings is 1. The van der Waals surface area contributed by atoms with Crippen LogP contribution < -0.4 is 5.32 Å². The van der Waals surface area contributed by atoms with Gasteiger partial charge in [0.15, 0.2) is 15.6 Å². The molecule has 2 N–H and O–H groups in total. The molecule has 0 saturated carbocycles. The van der Waals surface area contributed by atoms with Gasteiger partial charge >= 0.3 is 5.97 Å². The van der Waals surface area contributed by atoms with E-state index in [0.717, 1.165) is 6.26 Å². The van der Waals surface area contributed by atoms with Crippen molar-refractivity contribution in [3.05, 3.63) is 59.5 Å². The quantitative estimate of drug-likeness (QED) is 0.770. The first kappa shape index (κ1) is 18.7. The summed E-state index contributed by atoms with van der Waals surface area (Å²) in [5, 5.41) is 12.1. The predicted octanol–water partition coefficient (Wildman–Crippen LogP) is 1.60. The Labute approximate surface area is 145 Å². The summed E-state index contributed by atoms with van der Waals surface area (Å²) in [5.74, 6) is -1.91. The summed E-state index contributed by atoms with van der Waals surface area (Å²) in [6.45, 7) is 1.37. The van der Waals surface area contributed by atoms with Gasteiger partial charge in [0.2, 0.25) is 0 Å². The second-order valence-corrected chi connectivity index (χ2v) is 8.16. The molecule has 0 spiro atoms. The third-order valence-corrected chi connectivity index (χ3v) is 4.58. The molecule has 2 rings (SSSR count). The van der Waals surface area contributed by atoms with Crippen molar-refractivity contribution in [3.8, 4) is 0 Å². The number of carboxylic acid groups (broad SMARTS) is 1. The van der Waals surface area contributed by atoms with E-state index in [1.165, 1.54) is 19.1 Å². The van der Waals surface area contributed by atoms with Gasteiger partial charge in [0, 0.05) is 12.8 Å². The van der Waals surface area contributed by atoms with Gasteiger partial charge in [-0.15, -0.1) is 0 Å². The van der Waals surface area contributed by atoms with Crippen LogP contribution in [0.4, 0.5) is 0 Å². The Hall–Kier alpha value is -2.61. The highest BCUT2D eigenvalue weighted by atomic mass is 32.2. The maximum atomic E-state index is 12.2. The molecule has 7 nitrogen and oxygen atoms in total. The number of benzene rings is 1. The normalized spacial score (nSPS) is 13.8. The number of aliphatic carboxylic acids is 1. The van der Waals surface area contributed by atoms with Crippen LogP contribution in [0.15, 0.2) is 46.9 Å². The van der Waals surface area contributed by atoms with Gasteiger partial charge in [-0.25, -0.2) is 8.42 Å². The Balaban J connectivity index is 2.11. The molecule has 0 fully saturated rings. The van der Waals surface area contributed by atoms with E-state index in [0.29, 0.717) is 5.56 Å². The van der Waals surface area contributed by atoms with Crippen LogP contribution in [0.5, 0.6) is 0 Å². The van der Waals surface area contributed by atoms with E-state index in [1.807, 2.05) is 0 Å². The zero-order valence-corrected chi connectivity index (χ0v) is 14.7. The number of hydrogen-bond donors (Lipinski definition) is 2. The Morgan fingerprint density at radius 2 is 1.80 bits per heavy atom. The van der Waals surface area contributed by atoms with Crippen molar-refractivity contribution in [1.82, 2.24) is 5.32 Å². The standard InChI is InChI=1S/C17H19NO6S/c1-17(16(20)21,12-6-4-3-5-7-12)11-18-15(19)14-9-8-13(24-14)10-25(2,22)23/h3-9H,10-11H2,1-2H3,(H,18,19)(H,20,21). The van der Waals surface area contributed by atoms with Crippen LogP contribution in [0.3, 0.4) is 0 Å². The van der Waals surface area contributed by atoms with E-state index in [9.17, 15) is 23.1 Å². The fourth-order valence-electron chi connectivity index (χ4n) is 2.29. The van der Waals surface area contributed by atoms with E-state index < -0.39 is 27.1 Å². The molecule has 0 aliphatic rings. The maximum Gasteiger partial charge on any atom is 0.315 e. The van der Waals surface area contributed by atoms with Gasteiger partial charge in [0.05, 0.1) is 0 Å². The van der Waals surface area contributed by atoms with Crippen molar-refractivity contribution in [1.29, 1.82) is 0 Å². The number of carboxylic acids is 1. The summed E-state index contributed by atoms with van der Waals surface area (Å²) in [5.41, 5.74) is -0.751. The first-order valence-corrected chi connectivity index (χ1v) is 9.51. The first-order valence-electron chi connectivity index (χ1n) is 7.45. The number of amides is 1. The Morgan fingerprint density at radius 3 is 2.36 bits per heavy atom. The third-order valence-electron chi connectivity index (χ3n) is 3.78. The van der Waals surface area contributed by atoms with Crippen molar-refractivity contribution < 1.29 is 27.5 Å². The topological polar surface area (TPSA) is 114 Å². The highest BCUT2D eigenvalue weighted by molar-refractivity contribution is 7.89. The molecule has 2 aromatic rings. The lowest BCUT2D eigenvalue weighted by atomic mass is 9.82. The molecule has 0 aliphatic carbocycles. The molecule has 8 heteroatoms. The molecule has 0 bridgehead atoms. The van der Waals surface area contributed by atoms with E-state index in [4.69, 9.17) is 4.42 Å². The van der Waals surface area contributed by atoms with Crippen LogP contribution in [0.1, 0.15) is 28.8 Å². The molecule has 0 aliphatic heterocycles. The van der Waals surface area contributed by atoms with Gasteiger partial charge in [0.25, 0.3) is 5.91 Å². The zero-order chi connectivity index (χ0) is 18.7. The maximum absolute atomic E-state index is 12.2. The molecule has 25 heavy (non-hydrogen) atoms. The van der Waals surface area contributed by atoms with Gasteiger partial charge in [0.1, 0.15) is 16.9 Å². The van der Waals surface area contributed by atoms with Crippen molar-refractivity contribution in [2.75, 3.05) is 12.8 Å². The average molecular weight is 365 g/mol. The number of carbonyl (C=O) groups excluding carboxylic acids is 1. The summed E-state index contributed by atoms with van der Waals surface area (Å²) in [4.78, 5) is 23.9. The summed E-state index contributed by atoms with van der Waals surface area (Å²) >= 11 is 0. The lowest BCUT2D eigenvalue weighted by Crippen LogP contribution is -2.44. The van der Waals surface area contributed by atoms with E-state index >= 15 is 0 Å². The fraction of sp³-hybridized carbons (Fsp3) is 0.294. The van der Waals surface area contributed by atoms with Crippen LogP contribution in [0, 0.1) is 0 Å². The van der Waals surface area contributed by atoms with E-state index in [-0.39, 0.29) is 23.8 Å². The number of sulfone groups is 1. The van der Waals surface area contributed by atoms with Crippen LogP contribution in [0.25, 0.3) is 0 Å². The molecule has 1 heterocycles. The van der Waals surface area contributed by atoms with E-state index in [2.05, 4.69) is 5.32 Å². The minimum Gasteiger partial charge on any atom is -0.481 e. The van der Waals surface area contributed by atoms with Crippen molar-refractivity contribution in [2.45, 2.75) is 18.1 Å². The van der Waals surface area contributed by atoms with Crippen molar-refractivity contribution in [3.63, 3.8) is 0 Å². The van der Waals surface area contributed by atoms with Crippen LogP contribution in [0.2, 0.25) is 0 Å². The second-order valence-electron chi connectivity index (χ2n) is 6.02. The summed E-state index contributed by atoms with van der Waals surface area (Å²) in [6.07, 6.45) is 1.06. The molecule has 1 amide bonds. The average Bonchev–Trinajstić information content (AvgIpc) is 2.99. The van der Waals surface area contributed by atoms with Gasteiger partial charge in [-0.1, -0.05) is 30.3 Å². The second kappa shape index (κ2) is 7.10. The van der Waals surface area contributed by atoms with Crippen LogP contribution >= 0.6 is 0 Å². The molecule has 0 radical (unpaired) electrons. The Morgan fingerprint density at radius 1 is 1.16 bits per heavy atom. The highest BCUT2D eigenvalue weighted by Crippen LogP contribution is 2.23. The molecule has 134 valence electrons. The van der Waals surface area contributed by atoms with Crippen molar-refractivity contribution >= 4 is 21.7 Å². The smallest absolute Gasteiger partial charge is 0.315 e. The fourth-order valence-corrected chi connectivity index (χ4v) is 2.96. The third kappa shape index (κ3) is 4.69. The van der Waals surface area contributed by atoms with Crippen LogP contribution in [-0.4, -0.2) is 38.2 Å².